The van der Waals surface area contributed by atoms with Crippen LogP contribution in [0.3, 0.4) is 0 Å². The number of hydroxylamine groups is 2. The minimum Gasteiger partial charge on any atom is -0.355 e. The molecule has 0 aromatic carbocycles. The molecule has 2 aliphatic heterocycles. The van der Waals surface area contributed by atoms with Crippen LogP contribution in [-0.4, -0.2) is 76.8 Å². The number of carbonyl (C=O) groups excluding carboxylic acids is 6. The second kappa shape index (κ2) is 9.58. The van der Waals surface area contributed by atoms with Crippen LogP contribution in [0, 0.1) is 0 Å². The molecule has 2 heterocycles. The number of rotatable bonds is 10. The molecule has 1 saturated heterocycles. The number of hydrogen-bond acceptors (Lipinski definition) is 9. The van der Waals surface area contributed by atoms with E-state index in [2.05, 4.69) is 10.2 Å². The van der Waals surface area contributed by atoms with Crippen molar-refractivity contribution in [3.05, 3.63) is 12.2 Å². The summed E-state index contributed by atoms with van der Waals surface area (Å²) in [7, 11) is -4.78. The zero-order valence-corrected chi connectivity index (χ0v) is 16.4. The predicted molar refractivity (Wildman–Crippen MR) is 95.2 cm³/mol. The molecule has 0 aromatic rings. The number of amides is 5. The van der Waals surface area contributed by atoms with E-state index in [1.165, 1.54) is 0 Å². The lowest BCUT2D eigenvalue weighted by Gasteiger charge is -2.14. The van der Waals surface area contributed by atoms with Gasteiger partial charge < -0.3 is 10.2 Å². The first-order valence-electron chi connectivity index (χ1n) is 8.85. The molecular weight excluding hydrogens is 426 g/mol. The van der Waals surface area contributed by atoms with Crippen LogP contribution >= 0.6 is 0 Å². The van der Waals surface area contributed by atoms with Gasteiger partial charge in [0.15, 0.2) is 5.25 Å². The fourth-order valence-corrected chi connectivity index (χ4v) is 3.35. The molecule has 164 valence electrons. The van der Waals surface area contributed by atoms with E-state index >= 15 is 0 Å². The maximum absolute atomic E-state index is 11.7. The Balaban J connectivity index is 1.61. The third-order valence-electron chi connectivity index (χ3n) is 4.20. The van der Waals surface area contributed by atoms with Gasteiger partial charge in [-0.15, -0.1) is 5.06 Å². The molecule has 0 radical (unpaired) electrons. The number of hydrogen-bond donors (Lipinski definition) is 2. The van der Waals surface area contributed by atoms with Gasteiger partial charge in [0, 0.05) is 25.1 Å². The lowest BCUT2D eigenvalue weighted by atomic mass is 10.2. The van der Waals surface area contributed by atoms with Crippen LogP contribution in [0.25, 0.3) is 0 Å². The summed E-state index contributed by atoms with van der Waals surface area (Å²) in [5.74, 6) is -4.96. The quantitative estimate of drug-likeness (QED) is 0.218. The van der Waals surface area contributed by atoms with Gasteiger partial charge in [-0.05, 0) is 12.8 Å². The third-order valence-corrected chi connectivity index (χ3v) is 5.28. The Labute approximate surface area is 170 Å². The van der Waals surface area contributed by atoms with Crippen LogP contribution in [0.4, 0.5) is 0 Å². The molecule has 0 aliphatic carbocycles. The van der Waals surface area contributed by atoms with Crippen LogP contribution in [-0.2, 0) is 43.7 Å². The summed E-state index contributed by atoms with van der Waals surface area (Å²) in [6.45, 7) is -0.157. The van der Waals surface area contributed by atoms with Crippen molar-refractivity contribution in [3.63, 3.8) is 0 Å². The summed E-state index contributed by atoms with van der Waals surface area (Å²) in [5, 5.41) is 0.576. The van der Waals surface area contributed by atoms with E-state index in [4.69, 9.17) is 4.55 Å². The molecule has 0 bridgehead atoms. The molecule has 13 nitrogen and oxygen atoms in total. The number of nitrogens with zero attached hydrogens (tertiary/aromatic N) is 2. The Morgan fingerprint density at radius 3 is 2.30 bits per heavy atom. The van der Waals surface area contributed by atoms with E-state index in [9.17, 15) is 37.2 Å². The molecule has 5 amide bonds. The van der Waals surface area contributed by atoms with Gasteiger partial charge in [-0.25, -0.2) is 4.79 Å². The van der Waals surface area contributed by atoms with Gasteiger partial charge in [-0.3, -0.25) is 33.4 Å². The summed E-state index contributed by atoms with van der Waals surface area (Å²) in [4.78, 5) is 74.8. The van der Waals surface area contributed by atoms with E-state index in [1.54, 1.807) is 0 Å². The highest BCUT2D eigenvalue weighted by molar-refractivity contribution is 7.87. The average Bonchev–Trinajstić information content (AvgIpc) is 3.12. The van der Waals surface area contributed by atoms with E-state index in [1.807, 2.05) is 0 Å². The Hall–Kier alpha value is -3.13. The van der Waals surface area contributed by atoms with Crippen molar-refractivity contribution in [2.24, 2.45) is 0 Å². The molecule has 2 aliphatic rings. The summed E-state index contributed by atoms with van der Waals surface area (Å²) in [6, 6.07) is 0. The average molecular weight is 445 g/mol. The highest BCUT2D eigenvalue weighted by Crippen LogP contribution is 2.20. The van der Waals surface area contributed by atoms with Crippen LogP contribution < -0.4 is 5.32 Å². The molecule has 14 heteroatoms. The zero-order valence-electron chi connectivity index (χ0n) is 15.6. The molecule has 2 rings (SSSR count). The van der Waals surface area contributed by atoms with Crippen molar-refractivity contribution in [3.8, 4) is 0 Å². The summed E-state index contributed by atoms with van der Waals surface area (Å²) < 4.78 is 30.9. The monoisotopic (exact) mass is 445 g/mol. The van der Waals surface area contributed by atoms with Crippen LogP contribution in [0.1, 0.15) is 32.1 Å². The zero-order chi connectivity index (χ0) is 22.5. The number of nitrogens with one attached hydrogen (secondary N) is 1. The minimum absolute atomic E-state index is 0.0385. The second-order valence-corrected chi connectivity index (χ2v) is 8.05. The molecule has 0 saturated carbocycles. The topological polar surface area (TPSA) is 185 Å². The summed E-state index contributed by atoms with van der Waals surface area (Å²) in [6.07, 6.45) is 2.38. The molecule has 0 aromatic heterocycles. The molecule has 1 fully saturated rings. The standard InChI is InChI=1S/C16H19N3O10S/c20-11(9-18-12(21)5-6-13(18)22)17-7-3-1-2-4-15(24)29-19-14(23)8-10(16(19)25)30(26,27)28/h5-6,10H,1-4,7-9H2,(H,17,20)(H,26,27,28). The highest BCUT2D eigenvalue weighted by atomic mass is 32.2. The molecule has 1 unspecified atom stereocenters. The molecule has 0 spiro atoms. The van der Waals surface area contributed by atoms with Crippen molar-refractivity contribution >= 4 is 45.6 Å². The van der Waals surface area contributed by atoms with Gasteiger partial charge in [0.2, 0.25) is 5.91 Å². The fourth-order valence-electron chi connectivity index (χ4n) is 2.64. The Morgan fingerprint density at radius 1 is 1.10 bits per heavy atom. The molecule has 30 heavy (non-hydrogen) atoms. The lowest BCUT2D eigenvalue weighted by molar-refractivity contribution is -0.197. The van der Waals surface area contributed by atoms with Crippen LogP contribution in [0.2, 0.25) is 0 Å². The highest BCUT2D eigenvalue weighted by Gasteiger charge is 2.48. The van der Waals surface area contributed by atoms with Crippen LogP contribution in [0.15, 0.2) is 12.2 Å². The summed E-state index contributed by atoms with van der Waals surface area (Å²) in [5.41, 5.74) is 0. The number of carbonyl (C=O) groups is 6. The van der Waals surface area contributed by atoms with E-state index < -0.39 is 57.3 Å². The van der Waals surface area contributed by atoms with Gasteiger partial charge in [-0.1, -0.05) is 6.42 Å². The Kier molecular flexibility index (Phi) is 7.39. The largest absolute Gasteiger partial charge is 0.355 e. The van der Waals surface area contributed by atoms with E-state index in [-0.39, 0.29) is 24.6 Å². The minimum atomic E-state index is -4.78. The van der Waals surface area contributed by atoms with Crippen molar-refractivity contribution in [2.75, 3.05) is 13.1 Å². The van der Waals surface area contributed by atoms with Gasteiger partial charge in [0.05, 0.1) is 6.42 Å². The van der Waals surface area contributed by atoms with E-state index in [0.717, 1.165) is 17.1 Å². The van der Waals surface area contributed by atoms with Gasteiger partial charge in [-0.2, -0.15) is 8.42 Å². The smallest absolute Gasteiger partial charge is 0.333 e. The van der Waals surface area contributed by atoms with Crippen molar-refractivity contribution < 1.29 is 46.6 Å². The Bertz CT molecular complexity index is 892. The number of imide groups is 2. The maximum Gasteiger partial charge on any atom is 0.333 e. The van der Waals surface area contributed by atoms with Crippen molar-refractivity contribution in [1.29, 1.82) is 0 Å². The maximum atomic E-state index is 11.7. The van der Waals surface area contributed by atoms with Crippen molar-refractivity contribution in [2.45, 2.75) is 37.4 Å². The summed E-state index contributed by atoms with van der Waals surface area (Å²) >= 11 is 0. The lowest BCUT2D eigenvalue weighted by Crippen LogP contribution is -2.40. The first-order chi connectivity index (χ1) is 14.0. The molecule has 2 N–H and O–H groups in total. The van der Waals surface area contributed by atoms with Gasteiger partial charge >= 0.3 is 5.97 Å². The molecular formula is C16H19N3O10S. The number of unbranched alkanes of at least 4 members (excludes halogenated alkanes) is 2. The van der Waals surface area contributed by atoms with E-state index in [0.29, 0.717) is 19.3 Å². The first-order valence-corrected chi connectivity index (χ1v) is 10.3. The van der Waals surface area contributed by atoms with Gasteiger partial charge in [0.1, 0.15) is 6.54 Å². The van der Waals surface area contributed by atoms with Crippen molar-refractivity contribution in [1.82, 2.24) is 15.3 Å². The van der Waals surface area contributed by atoms with Gasteiger partial charge in [0.25, 0.3) is 33.7 Å². The normalized spacial score (nSPS) is 19.0. The fraction of sp³-hybridized carbons (Fsp3) is 0.500. The predicted octanol–water partition coefficient (Wildman–Crippen LogP) is -1.94. The first kappa shape index (κ1) is 23.2. The second-order valence-electron chi connectivity index (χ2n) is 6.45. The third kappa shape index (κ3) is 5.93. The molecule has 1 atom stereocenters. The Morgan fingerprint density at radius 2 is 1.73 bits per heavy atom. The SMILES string of the molecule is O=C(CN1C(=O)C=CC1=O)NCCCCCC(=O)ON1C(=O)CC(S(=O)(=O)O)C1=O. The van der Waals surface area contributed by atoms with Crippen LogP contribution in [0.5, 0.6) is 0 Å².